The van der Waals surface area contributed by atoms with Gasteiger partial charge in [-0.2, -0.15) is 52.7 Å². The second kappa shape index (κ2) is 7.33. The highest BCUT2D eigenvalue weighted by Gasteiger charge is 2.47. The van der Waals surface area contributed by atoms with Crippen LogP contribution in [0.5, 0.6) is 0 Å². The van der Waals surface area contributed by atoms with E-state index in [4.69, 9.17) is 0 Å². The molecule has 0 aliphatic heterocycles. The van der Waals surface area contributed by atoms with Crippen LogP contribution in [0.4, 0.5) is 52.7 Å². The lowest BCUT2D eigenvalue weighted by Gasteiger charge is -2.21. The molecule has 0 aliphatic carbocycles. The molecule has 2 rings (SSSR count). The van der Waals surface area contributed by atoms with Gasteiger partial charge in [0.25, 0.3) is 0 Å². The zero-order valence-corrected chi connectivity index (χ0v) is 14.2. The number of hydrogen-bond acceptors (Lipinski definition) is 1. The monoisotopic (exact) mass is 458 g/mol. The summed E-state index contributed by atoms with van der Waals surface area (Å²) in [5, 5.41) is 0. The first kappa shape index (κ1) is 23.2. The molecule has 0 aromatic heterocycles. The van der Waals surface area contributed by atoms with Crippen molar-refractivity contribution in [3.63, 3.8) is 0 Å². The fraction of sp³-hybridized carbons (Fsp3) is 0.250. The molecule has 13 heteroatoms. The van der Waals surface area contributed by atoms with Gasteiger partial charge in [0.15, 0.2) is 0 Å². The van der Waals surface area contributed by atoms with Crippen molar-refractivity contribution in [2.24, 2.45) is 0 Å². The van der Waals surface area contributed by atoms with Crippen molar-refractivity contribution in [2.45, 2.75) is 34.5 Å². The maximum absolute atomic E-state index is 13.2. The lowest BCUT2D eigenvalue weighted by molar-refractivity contribution is -0.164. The number of halogens is 12. The van der Waals surface area contributed by atoms with Crippen molar-refractivity contribution in [1.29, 1.82) is 0 Å². The molecule has 0 saturated heterocycles. The van der Waals surface area contributed by atoms with Crippen molar-refractivity contribution < 1.29 is 52.7 Å². The first-order chi connectivity index (χ1) is 12.9. The summed E-state index contributed by atoms with van der Waals surface area (Å²) in [6, 6.07) is 2.07. The molecule has 0 fully saturated rings. The largest absolute Gasteiger partial charge is 0.418 e. The average Bonchev–Trinajstić information content (AvgIpc) is 2.50. The molecule has 0 radical (unpaired) electrons. The Morgan fingerprint density at radius 3 is 1.00 bits per heavy atom. The molecule has 2 aromatic rings. The van der Waals surface area contributed by atoms with Crippen molar-refractivity contribution in [2.75, 3.05) is 0 Å². The summed E-state index contributed by atoms with van der Waals surface area (Å²) in [5.74, 6) is 0. The van der Waals surface area contributed by atoms with Crippen LogP contribution in [0, 0.1) is 0 Å². The Morgan fingerprint density at radius 1 is 0.448 bits per heavy atom. The first-order valence-electron chi connectivity index (χ1n) is 7.16. The third-order valence-corrected chi connectivity index (χ3v) is 4.57. The summed E-state index contributed by atoms with van der Waals surface area (Å²) >= 11 is -0.485. The molecule has 0 atom stereocenters. The zero-order valence-electron chi connectivity index (χ0n) is 13.4. The summed E-state index contributed by atoms with van der Waals surface area (Å²) in [6.45, 7) is 0. The minimum Gasteiger partial charge on any atom is -0.166 e. The Hall–Kier alpha value is -2.05. The normalized spacial score (nSPS) is 13.7. The molecule has 0 saturated carbocycles. The van der Waals surface area contributed by atoms with Gasteiger partial charge < -0.3 is 0 Å². The minimum absolute atomic E-state index is 0.0731. The second-order valence-corrected chi connectivity index (χ2v) is 6.53. The fourth-order valence-corrected chi connectivity index (χ4v) is 3.59. The van der Waals surface area contributed by atoms with Crippen molar-refractivity contribution >= 4 is 11.8 Å². The lowest BCUT2D eigenvalue weighted by atomic mass is 10.1. The SMILES string of the molecule is FC(F)(F)c1cccc(Sc2cccc(C(F)(F)F)c2C(F)(F)F)c1C(F)(F)F. The van der Waals surface area contributed by atoms with Gasteiger partial charge in [-0.25, -0.2) is 0 Å². The van der Waals surface area contributed by atoms with Crippen LogP contribution in [-0.2, 0) is 24.7 Å². The third kappa shape index (κ3) is 5.11. The van der Waals surface area contributed by atoms with Crippen LogP contribution in [0.2, 0.25) is 0 Å². The molecule has 0 aliphatic rings. The van der Waals surface area contributed by atoms with E-state index < -0.39 is 68.5 Å². The van der Waals surface area contributed by atoms with Gasteiger partial charge in [0, 0.05) is 9.79 Å². The van der Waals surface area contributed by atoms with Crippen LogP contribution in [0.25, 0.3) is 0 Å². The van der Waals surface area contributed by atoms with Gasteiger partial charge in [-0.05, 0) is 24.3 Å². The van der Waals surface area contributed by atoms with E-state index in [0.29, 0.717) is 24.3 Å². The number of alkyl halides is 12. The summed E-state index contributed by atoms with van der Waals surface area (Å²) in [6.07, 6.45) is -22.3. The Morgan fingerprint density at radius 2 is 0.759 bits per heavy atom. The predicted octanol–water partition coefficient (Wildman–Crippen LogP) is 7.91. The van der Waals surface area contributed by atoms with Gasteiger partial charge in [0.1, 0.15) is 0 Å². The molecule has 0 heterocycles. The van der Waals surface area contributed by atoms with Crippen LogP contribution in [0.1, 0.15) is 22.3 Å². The zero-order chi connectivity index (χ0) is 22.4. The van der Waals surface area contributed by atoms with Gasteiger partial charge in [-0.3, -0.25) is 0 Å². The molecular formula is C16H6F12S. The highest BCUT2D eigenvalue weighted by Crippen LogP contribution is 2.50. The number of rotatable bonds is 2. The molecule has 0 N–H and O–H groups in total. The topological polar surface area (TPSA) is 0 Å². The highest BCUT2D eigenvalue weighted by atomic mass is 32.2. The van der Waals surface area contributed by atoms with Gasteiger partial charge in [0.2, 0.25) is 0 Å². The average molecular weight is 458 g/mol. The van der Waals surface area contributed by atoms with Gasteiger partial charge in [-0.1, -0.05) is 23.9 Å². The molecule has 2 aromatic carbocycles. The smallest absolute Gasteiger partial charge is 0.166 e. The molecular weight excluding hydrogens is 452 g/mol. The summed E-state index contributed by atoms with van der Waals surface area (Å²) < 4.78 is 157. The highest BCUT2D eigenvalue weighted by molar-refractivity contribution is 7.99. The molecule has 160 valence electrons. The second-order valence-electron chi connectivity index (χ2n) is 5.45. The summed E-state index contributed by atoms with van der Waals surface area (Å²) in [4.78, 5) is -2.64. The van der Waals surface area contributed by atoms with E-state index in [9.17, 15) is 52.7 Å². The Balaban J connectivity index is 2.77. The molecule has 0 unspecified atom stereocenters. The van der Waals surface area contributed by atoms with Gasteiger partial charge in [-0.15, -0.1) is 0 Å². The standard InChI is InChI=1S/C16H6F12S/c17-13(18,19)7-3-1-5-9(11(7)15(23,24)25)29-10-6-2-4-8(14(20,21)22)12(10)16(26,27)28/h1-6H. The Kier molecular flexibility index (Phi) is 5.87. The predicted molar refractivity (Wildman–Crippen MR) is 77.0 cm³/mol. The first-order valence-corrected chi connectivity index (χ1v) is 7.98. The van der Waals surface area contributed by atoms with E-state index in [1.54, 1.807) is 0 Å². The van der Waals surface area contributed by atoms with Crippen LogP contribution in [-0.4, -0.2) is 0 Å². The van der Waals surface area contributed by atoms with Gasteiger partial charge >= 0.3 is 24.7 Å². The fourth-order valence-electron chi connectivity index (χ4n) is 2.41. The van der Waals surface area contributed by atoms with Crippen LogP contribution in [0.3, 0.4) is 0 Å². The van der Waals surface area contributed by atoms with Crippen molar-refractivity contribution in [1.82, 2.24) is 0 Å². The molecule has 0 amide bonds. The lowest BCUT2D eigenvalue weighted by Crippen LogP contribution is -2.19. The molecule has 0 bridgehead atoms. The summed E-state index contributed by atoms with van der Waals surface area (Å²) in [5.41, 5.74) is -8.92. The quantitative estimate of drug-likeness (QED) is 0.412. The van der Waals surface area contributed by atoms with Crippen LogP contribution in [0.15, 0.2) is 46.2 Å². The van der Waals surface area contributed by atoms with Crippen LogP contribution < -0.4 is 0 Å². The van der Waals surface area contributed by atoms with E-state index in [2.05, 4.69) is 0 Å². The van der Waals surface area contributed by atoms with E-state index >= 15 is 0 Å². The minimum atomic E-state index is -5.63. The van der Waals surface area contributed by atoms with E-state index in [-0.39, 0.29) is 12.1 Å². The Labute approximate surface area is 158 Å². The number of benzene rings is 2. The van der Waals surface area contributed by atoms with E-state index in [1.165, 1.54) is 0 Å². The number of hydrogen-bond donors (Lipinski definition) is 0. The van der Waals surface area contributed by atoms with Crippen LogP contribution >= 0.6 is 11.8 Å². The third-order valence-electron chi connectivity index (χ3n) is 3.45. The maximum atomic E-state index is 13.2. The molecule has 0 spiro atoms. The molecule has 29 heavy (non-hydrogen) atoms. The van der Waals surface area contributed by atoms with E-state index in [0.717, 1.165) is 0 Å². The van der Waals surface area contributed by atoms with E-state index in [1.807, 2.05) is 0 Å². The van der Waals surface area contributed by atoms with Gasteiger partial charge in [0.05, 0.1) is 22.3 Å². The Bertz CT molecular complexity index is 813. The van der Waals surface area contributed by atoms with Crippen molar-refractivity contribution in [3.8, 4) is 0 Å². The molecule has 0 nitrogen and oxygen atoms in total. The summed E-state index contributed by atoms with van der Waals surface area (Å²) in [7, 11) is 0. The maximum Gasteiger partial charge on any atom is 0.418 e. The van der Waals surface area contributed by atoms with Crippen molar-refractivity contribution in [3.05, 3.63) is 58.7 Å².